The van der Waals surface area contributed by atoms with Crippen LogP contribution in [-0.2, 0) is 0 Å². The summed E-state index contributed by atoms with van der Waals surface area (Å²) >= 11 is 0. The smallest absolute Gasteiger partial charge is 0.268 e. The van der Waals surface area contributed by atoms with Gasteiger partial charge in [-0.15, -0.1) is 0 Å². The van der Waals surface area contributed by atoms with Crippen molar-refractivity contribution in [3.8, 4) is 11.3 Å². The van der Waals surface area contributed by atoms with E-state index in [0.717, 1.165) is 22.5 Å². The summed E-state index contributed by atoms with van der Waals surface area (Å²) in [5.74, 6) is 0.548. The summed E-state index contributed by atoms with van der Waals surface area (Å²) in [6, 6.07) is 11.7. The molecule has 0 aliphatic rings. The quantitative estimate of drug-likeness (QED) is 0.543. The van der Waals surface area contributed by atoms with Crippen LogP contribution in [0.1, 0.15) is 18.5 Å². The second-order valence-electron chi connectivity index (χ2n) is 5.98. The number of imidazole rings is 1. The lowest BCUT2D eigenvalue weighted by molar-refractivity contribution is 0.841. The zero-order chi connectivity index (χ0) is 18.8. The molecule has 1 unspecified atom stereocenters. The second-order valence-corrected chi connectivity index (χ2v) is 5.98. The van der Waals surface area contributed by atoms with Crippen molar-refractivity contribution >= 4 is 23.0 Å². The molecule has 132 valence electrons. The zero-order valence-electron chi connectivity index (χ0n) is 14.5. The molecule has 1 atom stereocenters. The first-order valence-electron chi connectivity index (χ1n) is 8.31. The summed E-state index contributed by atoms with van der Waals surface area (Å²) in [7, 11) is 0. The molecule has 0 radical (unpaired) electrons. The number of anilines is 2. The van der Waals surface area contributed by atoms with Crippen molar-refractivity contribution in [2.75, 3.05) is 11.1 Å². The summed E-state index contributed by atoms with van der Waals surface area (Å²) in [5.41, 5.74) is 9.50. The summed E-state index contributed by atoms with van der Waals surface area (Å²) in [4.78, 5) is 15.8. The van der Waals surface area contributed by atoms with Gasteiger partial charge in [-0.3, -0.25) is 0 Å². The molecular formula is C19H16N8. The first kappa shape index (κ1) is 16.5. The van der Waals surface area contributed by atoms with Gasteiger partial charge >= 0.3 is 0 Å². The van der Waals surface area contributed by atoms with Gasteiger partial charge in [-0.2, -0.15) is 5.10 Å². The third-order valence-corrected chi connectivity index (χ3v) is 4.24. The fourth-order valence-electron chi connectivity index (χ4n) is 2.91. The predicted molar refractivity (Wildman–Crippen MR) is 103 cm³/mol. The molecule has 0 fully saturated rings. The van der Waals surface area contributed by atoms with E-state index in [1.165, 1.54) is 6.33 Å². The van der Waals surface area contributed by atoms with Gasteiger partial charge in [0.2, 0.25) is 0 Å². The van der Waals surface area contributed by atoms with Crippen LogP contribution >= 0.6 is 0 Å². The fraction of sp³-hybridized carbons (Fsp3) is 0.105. The van der Waals surface area contributed by atoms with Crippen LogP contribution in [0.15, 0.2) is 55.1 Å². The Hall–Kier alpha value is -3.99. The van der Waals surface area contributed by atoms with Gasteiger partial charge in [-0.25, -0.2) is 24.3 Å². The van der Waals surface area contributed by atoms with Crippen molar-refractivity contribution in [2.45, 2.75) is 13.0 Å². The van der Waals surface area contributed by atoms with Crippen molar-refractivity contribution in [3.05, 3.63) is 72.1 Å². The third-order valence-electron chi connectivity index (χ3n) is 4.24. The van der Waals surface area contributed by atoms with Crippen LogP contribution in [0.25, 0.3) is 21.7 Å². The Morgan fingerprint density at radius 1 is 1.19 bits per heavy atom. The molecule has 4 rings (SSSR count). The highest BCUT2D eigenvalue weighted by Crippen LogP contribution is 2.33. The van der Waals surface area contributed by atoms with Crippen LogP contribution < -0.4 is 11.1 Å². The molecule has 3 N–H and O–H groups in total. The minimum atomic E-state index is -0.191. The van der Waals surface area contributed by atoms with Crippen molar-refractivity contribution in [1.82, 2.24) is 24.6 Å². The van der Waals surface area contributed by atoms with Gasteiger partial charge in [0.25, 0.3) is 5.69 Å². The molecule has 3 heterocycles. The summed E-state index contributed by atoms with van der Waals surface area (Å²) in [6.07, 6.45) is 4.86. The molecule has 8 heteroatoms. The molecule has 0 spiro atoms. The molecule has 0 bridgehead atoms. The highest BCUT2D eigenvalue weighted by Gasteiger charge is 2.18. The van der Waals surface area contributed by atoms with E-state index in [1.807, 2.05) is 49.5 Å². The molecule has 27 heavy (non-hydrogen) atoms. The van der Waals surface area contributed by atoms with E-state index < -0.39 is 0 Å². The Labute approximate surface area is 155 Å². The zero-order valence-corrected chi connectivity index (χ0v) is 14.5. The van der Waals surface area contributed by atoms with Gasteiger partial charge in [0.05, 0.1) is 18.3 Å². The molecule has 0 aliphatic carbocycles. The normalized spacial score (nSPS) is 11.9. The number of aromatic nitrogens is 5. The predicted octanol–water partition coefficient (Wildman–Crippen LogP) is 3.49. The SMILES string of the molecule is [C-]#[N+]c1c(N)ncnc1NC(C)c1cc2nccn2nc1-c1ccccc1. The third kappa shape index (κ3) is 3.02. The minimum absolute atomic E-state index is 0.153. The standard InChI is InChI=1S/C19H16N8/c1-12(25-19-17(21-2)18(20)23-11-24-19)14-10-15-22-8-9-27(15)26-16(14)13-6-4-3-5-7-13/h3-12H,1H3,(H3,20,23,24,25). The Balaban J connectivity index is 1.81. The topological polar surface area (TPSA) is 98.4 Å². The maximum atomic E-state index is 7.34. The van der Waals surface area contributed by atoms with Gasteiger partial charge in [-0.05, 0) is 13.0 Å². The maximum absolute atomic E-state index is 7.34. The number of fused-ring (bicyclic) bond motifs is 1. The highest BCUT2D eigenvalue weighted by molar-refractivity contribution is 5.76. The van der Waals surface area contributed by atoms with Crippen molar-refractivity contribution < 1.29 is 0 Å². The number of hydrogen-bond donors (Lipinski definition) is 2. The molecular weight excluding hydrogens is 340 g/mol. The number of benzene rings is 1. The molecule has 0 saturated carbocycles. The first-order valence-corrected chi connectivity index (χ1v) is 8.31. The lowest BCUT2D eigenvalue weighted by Gasteiger charge is -2.19. The molecule has 0 saturated heterocycles. The van der Waals surface area contributed by atoms with E-state index >= 15 is 0 Å². The van der Waals surface area contributed by atoms with Crippen LogP contribution in [0, 0.1) is 6.57 Å². The Morgan fingerprint density at radius 2 is 2.00 bits per heavy atom. The number of nitrogens with one attached hydrogen (secondary N) is 1. The average molecular weight is 356 g/mol. The van der Waals surface area contributed by atoms with Crippen LogP contribution in [0.5, 0.6) is 0 Å². The Kier molecular flexibility index (Phi) is 4.10. The van der Waals surface area contributed by atoms with E-state index in [0.29, 0.717) is 5.82 Å². The van der Waals surface area contributed by atoms with Gasteiger partial charge in [0.1, 0.15) is 18.0 Å². The van der Waals surface area contributed by atoms with Crippen LogP contribution in [-0.4, -0.2) is 24.6 Å². The number of hydrogen-bond acceptors (Lipinski definition) is 6. The van der Waals surface area contributed by atoms with Gasteiger partial charge in [0.15, 0.2) is 5.65 Å². The van der Waals surface area contributed by atoms with Crippen molar-refractivity contribution in [1.29, 1.82) is 0 Å². The molecule has 1 aromatic carbocycles. The van der Waals surface area contributed by atoms with Gasteiger partial charge < -0.3 is 11.1 Å². The van der Waals surface area contributed by atoms with Crippen molar-refractivity contribution in [3.63, 3.8) is 0 Å². The molecule has 8 nitrogen and oxygen atoms in total. The van der Waals surface area contributed by atoms with E-state index in [-0.39, 0.29) is 17.5 Å². The van der Waals surface area contributed by atoms with Crippen LogP contribution in [0.3, 0.4) is 0 Å². The first-order chi connectivity index (χ1) is 13.2. The van der Waals surface area contributed by atoms with E-state index in [2.05, 4.69) is 25.1 Å². The number of nitrogen functional groups attached to an aromatic ring is 1. The van der Waals surface area contributed by atoms with E-state index in [1.54, 1.807) is 10.7 Å². The maximum Gasteiger partial charge on any atom is 0.268 e. The average Bonchev–Trinajstić information content (AvgIpc) is 3.15. The lowest BCUT2D eigenvalue weighted by Crippen LogP contribution is -2.12. The number of nitrogens with zero attached hydrogens (tertiary/aromatic N) is 6. The van der Waals surface area contributed by atoms with Gasteiger partial charge in [0, 0.05) is 23.5 Å². The molecule has 4 aromatic rings. The number of rotatable bonds is 4. The molecule has 0 aliphatic heterocycles. The Bertz CT molecular complexity index is 1140. The van der Waals surface area contributed by atoms with Gasteiger partial charge in [-0.1, -0.05) is 30.3 Å². The largest absolute Gasteiger partial charge is 0.392 e. The molecule has 0 amide bonds. The summed E-state index contributed by atoms with van der Waals surface area (Å²) < 4.78 is 1.74. The van der Waals surface area contributed by atoms with E-state index in [9.17, 15) is 0 Å². The lowest BCUT2D eigenvalue weighted by atomic mass is 10.0. The van der Waals surface area contributed by atoms with E-state index in [4.69, 9.17) is 17.4 Å². The Morgan fingerprint density at radius 3 is 2.78 bits per heavy atom. The molecule has 3 aromatic heterocycles. The summed E-state index contributed by atoms with van der Waals surface area (Å²) in [5, 5.41) is 7.99. The second kappa shape index (κ2) is 6.72. The van der Waals surface area contributed by atoms with Crippen LogP contribution in [0.4, 0.5) is 17.3 Å². The fourth-order valence-corrected chi connectivity index (χ4v) is 2.91. The summed E-state index contributed by atoms with van der Waals surface area (Å²) in [6.45, 7) is 9.32. The highest BCUT2D eigenvalue weighted by atomic mass is 15.2. The minimum Gasteiger partial charge on any atom is -0.392 e. The van der Waals surface area contributed by atoms with Crippen LogP contribution in [0.2, 0.25) is 0 Å². The monoisotopic (exact) mass is 356 g/mol. The number of nitrogens with two attached hydrogens (primary N) is 1. The van der Waals surface area contributed by atoms with Crippen molar-refractivity contribution in [2.24, 2.45) is 0 Å².